The van der Waals surface area contributed by atoms with Crippen LogP contribution in [-0.4, -0.2) is 81.7 Å². The van der Waals surface area contributed by atoms with Crippen molar-refractivity contribution in [3.05, 3.63) is 33.7 Å². The molecular formula is C22H28O11. The maximum atomic E-state index is 12.9. The molecule has 0 radical (unpaired) electrons. The maximum Gasteiger partial charge on any atom is 0.196 e. The smallest absolute Gasteiger partial charge is 0.196 e. The molecular weight excluding hydrogens is 440 g/mol. The second-order valence-corrected chi connectivity index (χ2v) is 8.81. The van der Waals surface area contributed by atoms with Crippen molar-refractivity contribution >= 4 is 11.0 Å². The van der Waals surface area contributed by atoms with Crippen LogP contribution in [0.3, 0.4) is 0 Å². The molecule has 5 N–H and O–H groups in total. The lowest BCUT2D eigenvalue weighted by atomic mass is 9.96. The van der Waals surface area contributed by atoms with E-state index < -0.39 is 54.4 Å². The normalized spacial score (nSPS) is 29.7. The molecule has 2 aromatic rings. The lowest BCUT2D eigenvalue weighted by Crippen LogP contribution is -2.59. The van der Waals surface area contributed by atoms with Gasteiger partial charge in [0.1, 0.15) is 65.4 Å². The summed E-state index contributed by atoms with van der Waals surface area (Å²) in [5.74, 6) is 0.842. The fourth-order valence-corrected chi connectivity index (χ4v) is 4.09. The summed E-state index contributed by atoms with van der Waals surface area (Å²) >= 11 is 0. The summed E-state index contributed by atoms with van der Waals surface area (Å²) in [6.45, 7) is 2.37. The molecule has 0 amide bonds. The van der Waals surface area contributed by atoms with Crippen LogP contribution in [0.15, 0.2) is 21.3 Å². The van der Waals surface area contributed by atoms with Gasteiger partial charge >= 0.3 is 0 Å². The van der Waals surface area contributed by atoms with E-state index in [0.29, 0.717) is 23.5 Å². The number of rotatable bonds is 6. The van der Waals surface area contributed by atoms with Gasteiger partial charge in [0.15, 0.2) is 11.7 Å². The SMILES string of the molecule is COc1c2c(cc3oc(CO[C@@H]4O[C@H](CO)[C@@H](O)[C@@H](O)[C@H]4O)cc(=O)c13)OC(C(C)(C)O)C2. The van der Waals surface area contributed by atoms with Crippen LogP contribution in [0.1, 0.15) is 25.2 Å². The Kier molecular flexibility index (Phi) is 6.40. The first-order valence-electron chi connectivity index (χ1n) is 10.5. The minimum atomic E-state index is -1.59. The van der Waals surface area contributed by atoms with E-state index >= 15 is 0 Å². The zero-order valence-electron chi connectivity index (χ0n) is 18.4. The van der Waals surface area contributed by atoms with Crippen molar-refractivity contribution in [3.63, 3.8) is 0 Å². The summed E-state index contributed by atoms with van der Waals surface area (Å²) in [7, 11) is 1.43. The van der Waals surface area contributed by atoms with Crippen LogP contribution in [0, 0.1) is 0 Å². The van der Waals surface area contributed by atoms with E-state index in [0.717, 1.165) is 0 Å². The predicted molar refractivity (Wildman–Crippen MR) is 112 cm³/mol. The highest BCUT2D eigenvalue weighted by Gasteiger charge is 2.44. The third-order valence-electron chi connectivity index (χ3n) is 5.98. The fraction of sp³-hybridized carbons (Fsp3) is 0.591. The van der Waals surface area contributed by atoms with Crippen LogP contribution in [0.4, 0.5) is 0 Å². The number of benzene rings is 1. The molecule has 1 saturated heterocycles. The number of aliphatic hydroxyl groups is 5. The van der Waals surface area contributed by atoms with Crippen molar-refractivity contribution < 1.29 is 48.9 Å². The third-order valence-corrected chi connectivity index (χ3v) is 5.98. The van der Waals surface area contributed by atoms with Crippen LogP contribution in [0.5, 0.6) is 11.5 Å². The maximum absolute atomic E-state index is 12.9. The van der Waals surface area contributed by atoms with E-state index in [2.05, 4.69) is 0 Å². The molecule has 11 heteroatoms. The van der Waals surface area contributed by atoms with E-state index in [9.17, 15) is 30.3 Å². The van der Waals surface area contributed by atoms with Gasteiger partial charge in [-0.1, -0.05) is 0 Å². The number of fused-ring (bicyclic) bond motifs is 2. The van der Waals surface area contributed by atoms with Crippen LogP contribution < -0.4 is 14.9 Å². The Balaban J connectivity index is 1.61. The molecule has 1 unspecified atom stereocenters. The highest BCUT2D eigenvalue weighted by Crippen LogP contribution is 2.43. The van der Waals surface area contributed by atoms with Gasteiger partial charge in [0.25, 0.3) is 0 Å². The molecule has 0 bridgehead atoms. The van der Waals surface area contributed by atoms with E-state index in [1.54, 1.807) is 19.9 Å². The van der Waals surface area contributed by atoms with Crippen molar-refractivity contribution in [1.29, 1.82) is 0 Å². The van der Waals surface area contributed by atoms with Crippen molar-refractivity contribution in [1.82, 2.24) is 0 Å². The third kappa shape index (κ3) is 4.33. The largest absolute Gasteiger partial charge is 0.495 e. The molecule has 33 heavy (non-hydrogen) atoms. The van der Waals surface area contributed by atoms with Crippen LogP contribution >= 0.6 is 0 Å². The van der Waals surface area contributed by atoms with Gasteiger partial charge in [0.2, 0.25) is 0 Å². The highest BCUT2D eigenvalue weighted by molar-refractivity contribution is 5.87. The van der Waals surface area contributed by atoms with E-state index in [1.807, 2.05) is 0 Å². The first kappa shape index (κ1) is 23.9. The monoisotopic (exact) mass is 468 g/mol. The minimum absolute atomic E-state index is 0.100. The minimum Gasteiger partial charge on any atom is -0.495 e. The molecule has 1 aromatic heterocycles. The van der Waals surface area contributed by atoms with Gasteiger partial charge in [-0.05, 0) is 13.8 Å². The van der Waals surface area contributed by atoms with E-state index in [1.165, 1.54) is 13.2 Å². The molecule has 182 valence electrons. The summed E-state index contributed by atoms with van der Waals surface area (Å²) in [5, 5.41) is 49.7. The summed E-state index contributed by atoms with van der Waals surface area (Å²) in [6.07, 6.45) is -7.33. The first-order chi connectivity index (χ1) is 15.5. The number of ether oxygens (including phenoxy) is 4. The topological polar surface area (TPSA) is 168 Å². The summed E-state index contributed by atoms with van der Waals surface area (Å²) in [4.78, 5) is 12.9. The molecule has 1 fully saturated rings. The molecule has 2 aliphatic heterocycles. The Morgan fingerprint density at radius 1 is 1.15 bits per heavy atom. The molecule has 0 saturated carbocycles. The molecule has 2 aliphatic rings. The second-order valence-electron chi connectivity index (χ2n) is 8.81. The summed E-state index contributed by atoms with van der Waals surface area (Å²) in [5.41, 5.74) is -0.662. The van der Waals surface area contributed by atoms with Gasteiger partial charge < -0.3 is 48.9 Å². The number of aliphatic hydroxyl groups excluding tert-OH is 4. The van der Waals surface area contributed by atoms with Crippen LogP contribution in [0.25, 0.3) is 11.0 Å². The van der Waals surface area contributed by atoms with Gasteiger partial charge in [-0.25, -0.2) is 0 Å². The van der Waals surface area contributed by atoms with Gasteiger partial charge in [0, 0.05) is 24.1 Å². The Hall–Kier alpha value is -2.25. The number of methoxy groups -OCH3 is 1. The molecule has 0 aliphatic carbocycles. The quantitative estimate of drug-likeness (QED) is 0.360. The summed E-state index contributed by atoms with van der Waals surface area (Å²) < 4.78 is 27.9. The van der Waals surface area contributed by atoms with Crippen molar-refractivity contribution in [2.24, 2.45) is 0 Å². The Labute approximate surface area is 188 Å². The molecule has 6 atom stereocenters. The number of hydrogen-bond acceptors (Lipinski definition) is 11. The Bertz CT molecular complexity index is 1070. The molecule has 11 nitrogen and oxygen atoms in total. The zero-order valence-corrected chi connectivity index (χ0v) is 18.4. The van der Waals surface area contributed by atoms with Gasteiger partial charge in [0.05, 0.1) is 19.3 Å². The van der Waals surface area contributed by atoms with Gasteiger partial charge in [-0.3, -0.25) is 4.79 Å². The van der Waals surface area contributed by atoms with Gasteiger partial charge in [-0.2, -0.15) is 0 Å². The predicted octanol–water partition coefficient (Wildman–Crippen LogP) is -0.808. The second kappa shape index (κ2) is 8.84. The lowest BCUT2D eigenvalue weighted by molar-refractivity contribution is -0.304. The molecule has 4 rings (SSSR count). The standard InChI is InChI=1S/C22H28O11/c1-22(2,28)15-5-10-12(32-15)6-13-16(20(10)29-3)11(24)4-9(31-13)8-30-21-19(27)18(26)17(25)14(7-23)33-21/h4,6,14-15,17-19,21,23,25-28H,5,7-8H2,1-3H3/t14-,15?,17-,18-,19-,21-/m1/s1. The average Bonchev–Trinajstić information content (AvgIpc) is 3.20. The molecule has 0 spiro atoms. The summed E-state index contributed by atoms with van der Waals surface area (Å²) in [6, 6.07) is 2.77. The van der Waals surface area contributed by atoms with Crippen LogP contribution in [-0.2, 0) is 22.5 Å². The van der Waals surface area contributed by atoms with Crippen LogP contribution in [0.2, 0.25) is 0 Å². The Morgan fingerprint density at radius 2 is 1.88 bits per heavy atom. The number of hydrogen-bond donors (Lipinski definition) is 5. The van der Waals surface area contributed by atoms with E-state index in [4.69, 9.17) is 23.4 Å². The van der Waals surface area contributed by atoms with Gasteiger partial charge in [-0.15, -0.1) is 0 Å². The zero-order chi connectivity index (χ0) is 24.1. The fourth-order valence-electron chi connectivity index (χ4n) is 4.09. The first-order valence-corrected chi connectivity index (χ1v) is 10.5. The Morgan fingerprint density at radius 3 is 2.52 bits per heavy atom. The van der Waals surface area contributed by atoms with Crippen molar-refractivity contribution in [3.8, 4) is 11.5 Å². The molecule has 3 heterocycles. The molecule has 1 aromatic carbocycles. The van der Waals surface area contributed by atoms with Crippen molar-refractivity contribution in [2.75, 3.05) is 13.7 Å². The van der Waals surface area contributed by atoms with Crippen molar-refractivity contribution in [2.45, 2.75) is 69.3 Å². The van der Waals surface area contributed by atoms with E-state index in [-0.39, 0.29) is 23.3 Å². The highest BCUT2D eigenvalue weighted by atomic mass is 16.7. The lowest BCUT2D eigenvalue weighted by Gasteiger charge is -2.39. The average molecular weight is 468 g/mol.